The summed E-state index contributed by atoms with van der Waals surface area (Å²) in [7, 11) is 1.78. The van der Waals surface area contributed by atoms with E-state index in [1.807, 2.05) is 0 Å². The second-order valence-corrected chi connectivity index (χ2v) is 6.10. The van der Waals surface area contributed by atoms with Crippen LogP contribution < -0.4 is 5.32 Å². The third-order valence-electron chi connectivity index (χ3n) is 4.71. The fraction of sp³-hybridized carbons (Fsp3) is 0.933. The van der Waals surface area contributed by atoms with Crippen molar-refractivity contribution in [1.29, 1.82) is 5.26 Å². The minimum atomic E-state index is 0.228. The summed E-state index contributed by atoms with van der Waals surface area (Å²) in [6, 6.07) is 2.93. The van der Waals surface area contributed by atoms with Crippen LogP contribution in [0.2, 0.25) is 0 Å². The van der Waals surface area contributed by atoms with E-state index in [4.69, 9.17) is 4.74 Å². The van der Waals surface area contributed by atoms with Crippen LogP contribution in [0, 0.1) is 22.7 Å². The van der Waals surface area contributed by atoms with E-state index >= 15 is 0 Å². The zero-order chi connectivity index (χ0) is 12.8. The molecule has 1 N–H and O–H groups in total. The third-order valence-corrected chi connectivity index (χ3v) is 4.71. The molecule has 18 heavy (non-hydrogen) atoms. The molecule has 0 bridgehead atoms. The van der Waals surface area contributed by atoms with Crippen LogP contribution in [0.5, 0.6) is 0 Å². The van der Waals surface area contributed by atoms with E-state index in [9.17, 15) is 5.26 Å². The molecular formula is C15H26N2O. The largest absolute Gasteiger partial charge is 0.385 e. The van der Waals surface area contributed by atoms with E-state index in [0.29, 0.717) is 11.5 Å². The molecule has 0 amide bonds. The van der Waals surface area contributed by atoms with Gasteiger partial charge in [0.2, 0.25) is 0 Å². The van der Waals surface area contributed by atoms with Gasteiger partial charge >= 0.3 is 0 Å². The Morgan fingerprint density at radius 2 is 2.06 bits per heavy atom. The molecule has 2 aliphatic rings. The minimum absolute atomic E-state index is 0.228. The SMILES string of the molecule is COCCC1(CNC2CCCCCC2C#N)CC1. The van der Waals surface area contributed by atoms with Crippen molar-refractivity contribution in [2.75, 3.05) is 20.3 Å². The summed E-state index contributed by atoms with van der Waals surface area (Å²) in [6.07, 6.45) is 9.89. The fourth-order valence-electron chi connectivity index (χ4n) is 3.06. The Balaban J connectivity index is 1.79. The van der Waals surface area contributed by atoms with Crippen LogP contribution in [0.1, 0.15) is 51.4 Å². The van der Waals surface area contributed by atoms with Gasteiger partial charge in [-0.15, -0.1) is 0 Å². The van der Waals surface area contributed by atoms with Crippen LogP contribution >= 0.6 is 0 Å². The number of methoxy groups -OCH3 is 1. The van der Waals surface area contributed by atoms with Crippen molar-refractivity contribution < 1.29 is 4.74 Å². The highest BCUT2D eigenvalue weighted by Gasteiger charge is 2.42. The molecule has 0 aromatic rings. The number of nitrogens with one attached hydrogen (secondary N) is 1. The molecule has 0 aromatic heterocycles. The summed E-state index contributed by atoms with van der Waals surface area (Å²) in [6.45, 7) is 1.95. The average Bonchev–Trinajstić information content (AvgIpc) is 3.18. The Labute approximate surface area is 111 Å². The number of hydrogen-bond acceptors (Lipinski definition) is 3. The molecule has 2 unspecified atom stereocenters. The van der Waals surface area contributed by atoms with Crippen molar-refractivity contribution in [2.45, 2.75) is 57.4 Å². The summed E-state index contributed by atoms with van der Waals surface area (Å²) in [5.41, 5.74) is 0.488. The number of rotatable bonds is 6. The average molecular weight is 250 g/mol. The monoisotopic (exact) mass is 250 g/mol. The predicted octanol–water partition coefficient (Wildman–Crippen LogP) is 2.87. The lowest BCUT2D eigenvalue weighted by Crippen LogP contribution is -2.39. The summed E-state index contributed by atoms with van der Waals surface area (Å²) in [5, 5.41) is 13.0. The maximum absolute atomic E-state index is 9.26. The molecule has 0 spiro atoms. The molecule has 2 atom stereocenters. The lowest BCUT2D eigenvalue weighted by molar-refractivity contribution is 0.169. The summed E-state index contributed by atoms with van der Waals surface area (Å²) >= 11 is 0. The molecule has 2 aliphatic carbocycles. The van der Waals surface area contributed by atoms with E-state index in [0.717, 1.165) is 19.6 Å². The van der Waals surface area contributed by atoms with Gasteiger partial charge in [-0.2, -0.15) is 5.26 Å². The fourth-order valence-corrected chi connectivity index (χ4v) is 3.06. The van der Waals surface area contributed by atoms with Crippen molar-refractivity contribution in [2.24, 2.45) is 11.3 Å². The van der Waals surface area contributed by atoms with Gasteiger partial charge in [-0.1, -0.05) is 19.3 Å². The third kappa shape index (κ3) is 3.70. The molecule has 0 radical (unpaired) electrons. The minimum Gasteiger partial charge on any atom is -0.385 e. The van der Waals surface area contributed by atoms with Crippen LogP contribution in [-0.2, 0) is 4.74 Å². The second kappa shape index (κ2) is 6.54. The standard InChI is InChI=1S/C15H26N2O/c1-18-10-9-15(7-8-15)12-17-14-6-4-2-3-5-13(14)11-16/h13-14,17H,2-10,12H2,1H3. The summed E-state index contributed by atoms with van der Waals surface area (Å²) in [5.74, 6) is 0.228. The van der Waals surface area contributed by atoms with E-state index in [1.165, 1.54) is 44.9 Å². The number of nitrogens with zero attached hydrogens (tertiary/aromatic N) is 1. The first-order valence-electron chi connectivity index (χ1n) is 7.42. The highest BCUT2D eigenvalue weighted by molar-refractivity contribution is 4.98. The highest BCUT2D eigenvalue weighted by Crippen LogP contribution is 2.48. The van der Waals surface area contributed by atoms with E-state index in [1.54, 1.807) is 7.11 Å². The van der Waals surface area contributed by atoms with Gasteiger partial charge in [-0.25, -0.2) is 0 Å². The lowest BCUT2D eigenvalue weighted by Gasteiger charge is -2.24. The number of hydrogen-bond donors (Lipinski definition) is 1. The van der Waals surface area contributed by atoms with Gasteiger partial charge in [0.05, 0.1) is 12.0 Å². The van der Waals surface area contributed by atoms with Crippen LogP contribution in [0.3, 0.4) is 0 Å². The molecule has 2 saturated carbocycles. The Morgan fingerprint density at radius 3 is 2.72 bits per heavy atom. The molecule has 0 heterocycles. The number of ether oxygens (including phenoxy) is 1. The van der Waals surface area contributed by atoms with Gasteiger partial charge in [0.1, 0.15) is 0 Å². The smallest absolute Gasteiger partial charge is 0.0672 e. The first kappa shape index (κ1) is 13.8. The normalized spacial score (nSPS) is 30.4. The van der Waals surface area contributed by atoms with Crippen molar-refractivity contribution in [3.8, 4) is 6.07 Å². The van der Waals surface area contributed by atoms with Gasteiger partial charge in [-0.05, 0) is 37.5 Å². The lowest BCUT2D eigenvalue weighted by atomic mass is 9.94. The molecule has 2 fully saturated rings. The van der Waals surface area contributed by atoms with Crippen molar-refractivity contribution in [3.05, 3.63) is 0 Å². The van der Waals surface area contributed by atoms with Gasteiger partial charge in [-0.3, -0.25) is 0 Å². The van der Waals surface area contributed by atoms with Crippen molar-refractivity contribution in [1.82, 2.24) is 5.32 Å². The maximum Gasteiger partial charge on any atom is 0.0672 e. The second-order valence-electron chi connectivity index (χ2n) is 6.10. The van der Waals surface area contributed by atoms with Gasteiger partial charge in [0.25, 0.3) is 0 Å². The van der Waals surface area contributed by atoms with E-state index in [-0.39, 0.29) is 5.92 Å². The zero-order valence-electron chi connectivity index (χ0n) is 11.6. The van der Waals surface area contributed by atoms with E-state index < -0.39 is 0 Å². The molecular weight excluding hydrogens is 224 g/mol. The van der Waals surface area contributed by atoms with Crippen LogP contribution in [0.25, 0.3) is 0 Å². The Morgan fingerprint density at radius 1 is 1.28 bits per heavy atom. The molecule has 2 rings (SSSR count). The molecule has 0 aliphatic heterocycles. The van der Waals surface area contributed by atoms with Crippen LogP contribution in [-0.4, -0.2) is 26.3 Å². The highest BCUT2D eigenvalue weighted by atomic mass is 16.5. The Hall–Kier alpha value is -0.590. The molecule has 3 heteroatoms. The quantitative estimate of drug-likeness (QED) is 0.737. The molecule has 102 valence electrons. The Bertz CT molecular complexity index is 293. The van der Waals surface area contributed by atoms with E-state index in [2.05, 4.69) is 11.4 Å². The van der Waals surface area contributed by atoms with Gasteiger partial charge in [0.15, 0.2) is 0 Å². The molecule has 0 aromatic carbocycles. The maximum atomic E-state index is 9.26. The number of nitriles is 1. The van der Waals surface area contributed by atoms with Crippen LogP contribution in [0.15, 0.2) is 0 Å². The van der Waals surface area contributed by atoms with Crippen molar-refractivity contribution in [3.63, 3.8) is 0 Å². The topological polar surface area (TPSA) is 45.0 Å². The first-order chi connectivity index (χ1) is 8.79. The zero-order valence-corrected chi connectivity index (χ0v) is 11.6. The van der Waals surface area contributed by atoms with Gasteiger partial charge < -0.3 is 10.1 Å². The predicted molar refractivity (Wildman–Crippen MR) is 72.1 cm³/mol. The Kier molecular flexibility index (Phi) is 5.03. The molecule has 3 nitrogen and oxygen atoms in total. The first-order valence-corrected chi connectivity index (χ1v) is 7.42. The molecule has 0 saturated heterocycles. The van der Waals surface area contributed by atoms with Crippen molar-refractivity contribution >= 4 is 0 Å². The van der Waals surface area contributed by atoms with Gasteiger partial charge in [0, 0.05) is 26.3 Å². The summed E-state index contributed by atoms with van der Waals surface area (Å²) < 4.78 is 5.19. The summed E-state index contributed by atoms with van der Waals surface area (Å²) in [4.78, 5) is 0. The van der Waals surface area contributed by atoms with Crippen LogP contribution in [0.4, 0.5) is 0 Å².